The molecule has 0 saturated carbocycles. The monoisotopic (exact) mass is 520 g/mol. The summed E-state index contributed by atoms with van der Waals surface area (Å²) in [5.41, 5.74) is 2.39. The topological polar surface area (TPSA) is 74.7 Å². The lowest BCUT2D eigenvalue weighted by Crippen LogP contribution is -2.52. The van der Waals surface area contributed by atoms with Crippen molar-refractivity contribution < 1.29 is 9.53 Å². The quantitative estimate of drug-likeness (QED) is 0.417. The second-order valence-electron chi connectivity index (χ2n) is 9.70. The highest BCUT2D eigenvalue weighted by Crippen LogP contribution is 2.32. The van der Waals surface area contributed by atoms with E-state index in [1.807, 2.05) is 18.2 Å². The highest BCUT2D eigenvalue weighted by atomic mass is 35.5. The first-order valence-corrected chi connectivity index (χ1v) is 13.4. The molecule has 8 nitrogen and oxygen atoms in total. The van der Waals surface area contributed by atoms with Gasteiger partial charge in [-0.25, -0.2) is 14.8 Å². The van der Waals surface area contributed by atoms with Gasteiger partial charge in [-0.05, 0) is 39.7 Å². The summed E-state index contributed by atoms with van der Waals surface area (Å²) >= 11 is 6.55. The zero-order valence-electron chi connectivity index (χ0n) is 21.6. The van der Waals surface area contributed by atoms with E-state index in [0.717, 1.165) is 62.0 Å². The third kappa shape index (κ3) is 5.34. The third-order valence-electron chi connectivity index (χ3n) is 7.13. The van der Waals surface area contributed by atoms with Gasteiger partial charge < -0.3 is 19.4 Å². The number of nitrogens with zero attached hydrogens (tertiary/aromatic N) is 6. The molecule has 37 heavy (non-hydrogen) atoms. The van der Waals surface area contributed by atoms with Crippen molar-refractivity contribution in [3.8, 4) is 11.3 Å². The lowest BCUT2D eigenvalue weighted by atomic mass is 10.1. The van der Waals surface area contributed by atoms with E-state index < -0.39 is 5.97 Å². The molecule has 3 aromatic rings. The number of aromatic nitrogens is 3. The molecule has 2 aromatic heterocycles. The largest absolute Gasteiger partial charge is 0.462 e. The van der Waals surface area contributed by atoms with Crippen LogP contribution in [0.15, 0.2) is 48.7 Å². The molecule has 4 heterocycles. The molecule has 0 bridgehead atoms. The van der Waals surface area contributed by atoms with Crippen LogP contribution in [-0.2, 0) is 4.74 Å². The van der Waals surface area contributed by atoms with Gasteiger partial charge in [0.2, 0.25) is 5.95 Å². The molecule has 2 saturated heterocycles. The molecule has 2 fully saturated rings. The Morgan fingerprint density at radius 1 is 1.05 bits per heavy atom. The Morgan fingerprint density at radius 3 is 2.54 bits per heavy atom. The smallest absolute Gasteiger partial charge is 0.339 e. The summed E-state index contributed by atoms with van der Waals surface area (Å²) in [4.78, 5) is 33.4. The first-order valence-electron chi connectivity index (χ1n) is 13.0. The first-order chi connectivity index (χ1) is 17.9. The summed E-state index contributed by atoms with van der Waals surface area (Å²) in [6.45, 7) is 9.73. The molecular formula is C28H33ClN6O2. The van der Waals surface area contributed by atoms with Crippen LogP contribution in [0.3, 0.4) is 0 Å². The average Bonchev–Trinajstić information content (AvgIpc) is 3.34. The number of anilines is 3. The van der Waals surface area contributed by atoms with Crippen LogP contribution in [0, 0.1) is 0 Å². The molecular weight excluding hydrogens is 488 g/mol. The molecule has 0 radical (unpaired) electrons. The van der Waals surface area contributed by atoms with Gasteiger partial charge in [-0.15, -0.1) is 0 Å². The zero-order valence-corrected chi connectivity index (χ0v) is 22.4. The van der Waals surface area contributed by atoms with Crippen molar-refractivity contribution in [2.24, 2.45) is 0 Å². The molecule has 0 N–H and O–H groups in total. The first kappa shape index (κ1) is 25.3. The van der Waals surface area contributed by atoms with Crippen molar-refractivity contribution in [3.05, 3.63) is 59.2 Å². The molecule has 2 aliphatic heterocycles. The van der Waals surface area contributed by atoms with Crippen molar-refractivity contribution in [3.63, 3.8) is 0 Å². The molecule has 9 heteroatoms. The minimum atomic E-state index is -0.414. The van der Waals surface area contributed by atoms with Crippen LogP contribution in [-0.4, -0.2) is 65.8 Å². The summed E-state index contributed by atoms with van der Waals surface area (Å²) in [5, 5.41) is 0.449. The number of carbonyl (C=O) groups excluding carboxylic acids is 1. The Balaban J connectivity index is 1.40. The zero-order chi connectivity index (χ0) is 25.9. The number of halogens is 1. The van der Waals surface area contributed by atoms with Crippen LogP contribution in [0.5, 0.6) is 0 Å². The van der Waals surface area contributed by atoms with Gasteiger partial charge in [0, 0.05) is 56.1 Å². The summed E-state index contributed by atoms with van der Waals surface area (Å²) in [6, 6.07) is 14.6. The van der Waals surface area contributed by atoms with Crippen molar-refractivity contribution in [2.45, 2.75) is 45.7 Å². The number of piperazine rings is 1. The number of hydrogen-bond acceptors (Lipinski definition) is 8. The van der Waals surface area contributed by atoms with Crippen LogP contribution in [0.2, 0.25) is 5.02 Å². The van der Waals surface area contributed by atoms with Gasteiger partial charge in [0.25, 0.3) is 0 Å². The Bertz CT molecular complexity index is 1260. The molecule has 0 amide bonds. The van der Waals surface area contributed by atoms with Crippen LogP contribution in [0.4, 0.5) is 17.6 Å². The van der Waals surface area contributed by atoms with Gasteiger partial charge in [-0.1, -0.05) is 41.9 Å². The van der Waals surface area contributed by atoms with Gasteiger partial charge in [0.1, 0.15) is 11.6 Å². The van der Waals surface area contributed by atoms with E-state index in [-0.39, 0.29) is 6.04 Å². The number of benzene rings is 1. The molecule has 2 aliphatic rings. The predicted octanol–water partition coefficient (Wildman–Crippen LogP) is 5.07. The highest BCUT2D eigenvalue weighted by Gasteiger charge is 2.30. The summed E-state index contributed by atoms with van der Waals surface area (Å²) in [7, 11) is 0. The maximum Gasteiger partial charge on any atom is 0.339 e. The number of esters is 1. The van der Waals surface area contributed by atoms with E-state index in [1.54, 1.807) is 13.0 Å². The minimum absolute atomic E-state index is 0.165. The molecule has 0 aliphatic carbocycles. The fourth-order valence-corrected chi connectivity index (χ4v) is 5.45. The van der Waals surface area contributed by atoms with E-state index in [1.165, 1.54) is 6.20 Å². The van der Waals surface area contributed by atoms with Crippen molar-refractivity contribution in [2.75, 3.05) is 47.5 Å². The maximum absolute atomic E-state index is 12.1. The Hall–Kier alpha value is -3.39. The van der Waals surface area contributed by atoms with E-state index >= 15 is 0 Å². The summed E-state index contributed by atoms with van der Waals surface area (Å²) in [6.07, 6.45) is 3.86. The second-order valence-corrected chi connectivity index (χ2v) is 10.1. The molecule has 0 spiro atoms. The van der Waals surface area contributed by atoms with E-state index in [0.29, 0.717) is 29.1 Å². The summed E-state index contributed by atoms with van der Waals surface area (Å²) < 4.78 is 5.07. The molecule has 2 atom stereocenters. The van der Waals surface area contributed by atoms with Crippen molar-refractivity contribution in [1.29, 1.82) is 0 Å². The number of ether oxygens (including phenoxy) is 1. The minimum Gasteiger partial charge on any atom is -0.462 e. The molecule has 1 unspecified atom stereocenters. The van der Waals surface area contributed by atoms with Crippen LogP contribution < -0.4 is 14.7 Å². The number of hydrogen-bond donors (Lipinski definition) is 0. The Morgan fingerprint density at radius 2 is 1.86 bits per heavy atom. The lowest BCUT2D eigenvalue weighted by molar-refractivity contribution is 0.0526. The predicted molar refractivity (Wildman–Crippen MR) is 148 cm³/mol. The van der Waals surface area contributed by atoms with Gasteiger partial charge >= 0.3 is 5.97 Å². The number of pyridine rings is 1. The van der Waals surface area contributed by atoms with Gasteiger partial charge in [0.05, 0.1) is 22.9 Å². The molecule has 5 rings (SSSR count). The van der Waals surface area contributed by atoms with Crippen LogP contribution in [0.1, 0.15) is 44.0 Å². The van der Waals surface area contributed by atoms with Crippen LogP contribution >= 0.6 is 11.6 Å². The van der Waals surface area contributed by atoms with E-state index in [4.69, 9.17) is 26.3 Å². The highest BCUT2D eigenvalue weighted by molar-refractivity contribution is 6.33. The van der Waals surface area contributed by atoms with Crippen molar-refractivity contribution in [1.82, 2.24) is 15.0 Å². The Kier molecular flexibility index (Phi) is 7.46. The second kappa shape index (κ2) is 10.9. The van der Waals surface area contributed by atoms with Crippen LogP contribution in [0.25, 0.3) is 11.3 Å². The van der Waals surface area contributed by atoms with E-state index in [9.17, 15) is 4.79 Å². The summed E-state index contributed by atoms with van der Waals surface area (Å²) in [5.74, 6) is 2.00. The van der Waals surface area contributed by atoms with Gasteiger partial charge in [0.15, 0.2) is 0 Å². The number of carbonyl (C=O) groups is 1. The standard InChI is InChI=1S/C28H33ClN6O2/c1-4-37-27(36)22-15-23(29)26(30-17-22)33-13-14-34(20(3)18-33)25-16-24(21-10-6-5-7-11-21)31-28(32-25)35-12-8-9-19(35)2/h5-7,10-11,15-17,19-20H,4,8-9,12-14,18H2,1-3H3/t19?,20-/m1/s1. The SMILES string of the molecule is CCOC(=O)c1cnc(N2CCN(c3cc(-c4ccccc4)nc(N4CCCC4C)n3)[C@H](C)C2)c(Cl)c1. The average molecular weight is 521 g/mol. The fourth-order valence-electron chi connectivity index (χ4n) is 5.16. The lowest BCUT2D eigenvalue weighted by Gasteiger charge is -2.41. The van der Waals surface area contributed by atoms with E-state index in [2.05, 4.69) is 51.7 Å². The van der Waals surface area contributed by atoms with Crippen molar-refractivity contribution >= 4 is 35.2 Å². The molecule has 194 valence electrons. The normalized spacial score (nSPS) is 19.8. The molecule has 1 aromatic carbocycles. The van der Waals surface area contributed by atoms with Gasteiger partial charge in [-0.3, -0.25) is 0 Å². The fraction of sp³-hybridized carbons (Fsp3) is 0.429. The number of rotatable bonds is 6. The van der Waals surface area contributed by atoms with Gasteiger partial charge in [-0.2, -0.15) is 4.98 Å². The Labute approximate surface area is 223 Å². The third-order valence-corrected chi connectivity index (χ3v) is 7.41. The maximum atomic E-state index is 12.1.